The topological polar surface area (TPSA) is 174 Å². The highest BCUT2D eigenvalue weighted by Gasteiger charge is 2.32. The summed E-state index contributed by atoms with van der Waals surface area (Å²) in [7, 11) is 0. The number of para-hydroxylation sites is 2. The summed E-state index contributed by atoms with van der Waals surface area (Å²) in [5.41, 5.74) is 0.403. The Morgan fingerprint density at radius 3 is 1.70 bits per heavy atom. The van der Waals surface area contributed by atoms with E-state index < -0.39 is 5.60 Å². The summed E-state index contributed by atoms with van der Waals surface area (Å²) < 4.78 is 5.41. The van der Waals surface area contributed by atoms with Crippen LogP contribution >= 0.6 is 39.4 Å². The summed E-state index contributed by atoms with van der Waals surface area (Å²) in [6.07, 6.45) is 1.08. The van der Waals surface area contributed by atoms with Crippen molar-refractivity contribution in [2.75, 3.05) is 39.3 Å². The number of fused-ring (bicyclic) bond motifs is 2. The molecule has 2 fully saturated rings. The highest BCUT2D eigenvalue weighted by atomic mass is 35.5. The predicted molar refractivity (Wildman–Crippen MR) is 222 cm³/mol. The van der Waals surface area contributed by atoms with E-state index in [9.17, 15) is 24.0 Å². The zero-order valence-corrected chi connectivity index (χ0v) is 34.3. The third-order valence-electron chi connectivity index (χ3n) is 8.90. The van der Waals surface area contributed by atoms with Gasteiger partial charge in [0.25, 0.3) is 11.1 Å². The Labute approximate surface area is 335 Å². The highest BCUT2D eigenvalue weighted by Crippen LogP contribution is 2.17. The molecule has 2 aliphatic heterocycles. The zero-order valence-electron chi connectivity index (χ0n) is 31.4. The number of amides is 3. The van der Waals surface area contributed by atoms with Gasteiger partial charge in [-0.2, -0.15) is 27.0 Å². The Bertz CT molecular complexity index is 2010. The highest BCUT2D eigenvalue weighted by molar-refractivity contribution is 7.59. The van der Waals surface area contributed by atoms with Crippen molar-refractivity contribution in [2.45, 2.75) is 78.0 Å². The van der Waals surface area contributed by atoms with Crippen molar-refractivity contribution in [2.24, 2.45) is 0 Å². The molecular formula is C37H53ClN8O6S2. The molecule has 3 amide bonds. The SMILES string of the molecule is C[C@H]1CN(C(=O)OC(C)(C)C)CCN1C(=O)CCc1nc2ccccc2c(=O)[nH]1.C[C@H]1CNCCN1C(=O)CCc1nc2ccccc2c(=O)[nH]1.Cl.S.S. The molecule has 14 nitrogen and oxygen atoms in total. The number of aromatic amines is 2. The van der Waals surface area contributed by atoms with Crippen molar-refractivity contribution < 1.29 is 19.1 Å². The molecule has 2 saturated heterocycles. The number of benzene rings is 2. The fourth-order valence-corrected chi connectivity index (χ4v) is 6.28. The number of rotatable bonds is 6. The Kier molecular flexibility index (Phi) is 17.5. The normalized spacial score (nSPS) is 16.9. The average molecular weight is 805 g/mol. The number of carbonyl (C=O) groups excluding carboxylic acids is 3. The van der Waals surface area contributed by atoms with Gasteiger partial charge in [0.05, 0.1) is 21.8 Å². The lowest BCUT2D eigenvalue weighted by Crippen LogP contribution is -2.56. The van der Waals surface area contributed by atoms with Crippen molar-refractivity contribution >= 4 is 79.1 Å². The van der Waals surface area contributed by atoms with Crippen LogP contribution in [0, 0.1) is 0 Å². The molecule has 4 aromatic rings. The molecule has 2 aromatic heterocycles. The Morgan fingerprint density at radius 2 is 1.24 bits per heavy atom. The van der Waals surface area contributed by atoms with Crippen LogP contribution < -0.4 is 16.4 Å². The maximum atomic E-state index is 12.7. The molecule has 2 aromatic carbocycles. The van der Waals surface area contributed by atoms with Crippen molar-refractivity contribution in [1.29, 1.82) is 0 Å². The summed E-state index contributed by atoms with van der Waals surface area (Å²) in [5, 5.41) is 4.38. The number of ether oxygens (including phenoxy) is 1. The molecule has 0 spiro atoms. The molecule has 2 aliphatic rings. The van der Waals surface area contributed by atoms with E-state index in [4.69, 9.17) is 4.74 Å². The molecule has 3 N–H and O–H groups in total. The summed E-state index contributed by atoms with van der Waals surface area (Å²) in [4.78, 5) is 81.1. The van der Waals surface area contributed by atoms with Gasteiger partial charge in [0.2, 0.25) is 11.8 Å². The molecule has 0 saturated carbocycles. The largest absolute Gasteiger partial charge is 0.444 e. The van der Waals surface area contributed by atoms with Crippen molar-refractivity contribution in [3.05, 3.63) is 80.9 Å². The quantitative estimate of drug-likeness (QED) is 0.263. The van der Waals surface area contributed by atoms with Crippen LogP contribution in [-0.2, 0) is 27.2 Å². The Balaban J connectivity index is 0.000000365. The van der Waals surface area contributed by atoms with E-state index in [2.05, 4.69) is 25.3 Å². The second-order valence-corrected chi connectivity index (χ2v) is 14.1. The number of carbonyl (C=O) groups is 3. The number of nitrogens with one attached hydrogen (secondary N) is 3. The number of hydrogen-bond acceptors (Lipinski definition) is 9. The number of piperazine rings is 2. The average Bonchev–Trinajstić information content (AvgIpc) is 3.09. The number of hydrogen-bond donors (Lipinski definition) is 3. The summed E-state index contributed by atoms with van der Waals surface area (Å²) >= 11 is 0. The van der Waals surface area contributed by atoms with Crippen molar-refractivity contribution in [3.63, 3.8) is 0 Å². The Morgan fingerprint density at radius 1 is 0.759 bits per heavy atom. The minimum Gasteiger partial charge on any atom is -0.444 e. The van der Waals surface area contributed by atoms with Crippen LogP contribution in [-0.4, -0.2) is 109 Å². The van der Waals surface area contributed by atoms with E-state index in [1.54, 1.807) is 34.1 Å². The number of H-pyrrole nitrogens is 2. The molecule has 54 heavy (non-hydrogen) atoms. The fourth-order valence-electron chi connectivity index (χ4n) is 6.28. The second kappa shape index (κ2) is 20.5. The number of aryl methyl sites for hydroxylation is 2. The van der Waals surface area contributed by atoms with E-state index in [0.717, 1.165) is 19.6 Å². The lowest BCUT2D eigenvalue weighted by molar-refractivity contribution is -0.135. The van der Waals surface area contributed by atoms with Crippen LogP contribution in [0.15, 0.2) is 58.1 Å². The summed E-state index contributed by atoms with van der Waals surface area (Å²) in [6, 6.07) is 14.5. The first-order valence-corrected chi connectivity index (χ1v) is 17.5. The molecule has 0 unspecified atom stereocenters. The number of nitrogens with zero attached hydrogens (tertiary/aromatic N) is 5. The summed E-state index contributed by atoms with van der Waals surface area (Å²) in [5.74, 6) is 1.17. The third kappa shape index (κ3) is 12.2. The number of aromatic nitrogens is 4. The van der Waals surface area contributed by atoms with E-state index in [0.29, 0.717) is 72.4 Å². The van der Waals surface area contributed by atoms with Gasteiger partial charge < -0.3 is 34.7 Å². The van der Waals surface area contributed by atoms with Crippen molar-refractivity contribution in [1.82, 2.24) is 40.0 Å². The second-order valence-electron chi connectivity index (χ2n) is 14.1. The molecule has 0 bridgehead atoms. The monoisotopic (exact) mass is 804 g/mol. The first kappa shape index (κ1) is 46.0. The molecule has 296 valence electrons. The van der Waals surface area contributed by atoms with Crippen LogP contribution in [0.4, 0.5) is 4.79 Å². The van der Waals surface area contributed by atoms with Crippen LogP contribution in [0.2, 0.25) is 0 Å². The van der Waals surface area contributed by atoms with E-state index in [1.165, 1.54) is 0 Å². The third-order valence-corrected chi connectivity index (χ3v) is 8.90. The van der Waals surface area contributed by atoms with Gasteiger partial charge >= 0.3 is 6.09 Å². The molecule has 2 atom stereocenters. The first-order valence-electron chi connectivity index (χ1n) is 17.5. The van der Waals surface area contributed by atoms with Crippen LogP contribution in [0.25, 0.3) is 21.8 Å². The van der Waals surface area contributed by atoms with Gasteiger partial charge in [-0.3, -0.25) is 19.2 Å². The molecule has 4 heterocycles. The zero-order chi connectivity index (χ0) is 36.7. The van der Waals surface area contributed by atoms with E-state index in [1.807, 2.05) is 63.8 Å². The lowest BCUT2D eigenvalue weighted by atomic mass is 10.1. The van der Waals surface area contributed by atoms with Gasteiger partial charge in [-0.15, -0.1) is 12.4 Å². The molecule has 0 aliphatic carbocycles. The maximum Gasteiger partial charge on any atom is 0.410 e. The smallest absolute Gasteiger partial charge is 0.410 e. The predicted octanol–water partition coefficient (Wildman–Crippen LogP) is 3.65. The van der Waals surface area contributed by atoms with Crippen LogP contribution in [0.1, 0.15) is 59.1 Å². The van der Waals surface area contributed by atoms with Gasteiger partial charge in [-0.05, 0) is 58.9 Å². The lowest BCUT2D eigenvalue weighted by Gasteiger charge is -2.40. The van der Waals surface area contributed by atoms with Gasteiger partial charge in [0.1, 0.15) is 17.2 Å². The fraction of sp³-hybridized carbons (Fsp3) is 0.486. The number of halogens is 1. The summed E-state index contributed by atoms with van der Waals surface area (Å²) in [6.45, 7) is 13.2. The molecular weight excluding hydrogens is 752 g/mol. The van der Waals surface area contributed by atoms with E-state index in [-0.39, 0.29) is 86.9 Å². The van der Waals surface area contributed by atoms with Gasteiger partial charge in [-0.1, -0.05) is 24.3 Å². The minimum atomic E-state index is -0.545. The Hall–Kier alpha value is -4.12. The van der Waals surface area contributed by atoms with E-state index >= 15 is 0 Å². The standard InChI is InChI=1S/C21H28N4O4.C16H20N4O2.ClH.2H2S/c1-14-13-24(20(28)29-21(2,3)4)11-12-25(14)18(26)10-9-17-22-16-8-6-5-7-15(16)19(27)23-17;1-11-10-17-8-9-20(11)15(21)7-6-14-18-13-5-3-2-4-12(13)16(22)19-14;;;/h5-8,14H,9-13H2,1-4H3,(H,22,23,27);2-5,11,17H,6-10H2,1H3,(H,18,19,22);1H;2*1H2/t14-;11-;;;/m00.../s1. The molecule has 17 heteroatoms. The van der Waals surface area contributed by atoms with Gasteiger partial charge in [-0.25, -0.2) is 14.8 Å². The maximum absolute atomic E-state index is 12.7. The minimum absolute atomic E-state index is 0. The molecule has 0 radical (unpaired) electrons. The van der Waals surface area contributed by atoms with Crippen LogP contribution in [0.5, 0.6) is 0 Å². The van der Waals surface area contributed by atoms with Gasteiger partial charge in [0.15, 0.2) is 0 Å². The molecule has 6 rings (SSSR count). The first-order chi connectivity index (χ1) is 24.3. The van der Waals surface area contributed by atoms with Crippen molar-refractivity contribution in [3.8, 4) is 0 Å². The van der Waals surface area contributed by atoms with Gasteiger partial charge in [0, 0.05) is 77.0 Å². The van der Waals surface area contributed by atoms with Crippen LogP contribution in [0.3, 0.4) is 0 Å².